The number of nitrogens with zero attached hydrogens (tertiary/aromatic N) is 1. The van der Waals surface area contributed by atoms with Gasteiger partial charge in [-0.25, -0.2) is 0 Å². The molecule has 0 amide bonds. The van der Waals surface area contributed by atoms with Crippen LogP contribution in [0.1, 0.15) is 5.56 Å². The van der Waals surface area contributed by atoms with Gasteiger partial charge in [0.05, 0.1) is 12.0 Å². The van der Waals surface area contributed by atoms with Crippen LogP contribution in [-0.2, 0) is 5.41 Å². The Morgan fingerprint density at radius 3 is 2.69 bits per heavy atom. The van der Waals surface area contributed by atoms with E-state index in [0.29, 0.717) is 6.54 Å². The summed E-state index contributed by atoms with van der Waals surface area (Å²) in [5.41, 5.74) is 7.12. The summed E-state index contributed by atoms with van der Waals surface area (Å²) in [6, 6.07) is 10.1. The Hall–Kier alpha value is -1.67. The predicted molar refractivity (Wildman–Crippen MR) is 68.8 cm³/mol. The van der Waals surface area contributed by atoms with Crippen molar-refractivity contribution in [1.29, 1.82) is 0 Å². The number of hydrogen-bond donors (Lipinski definition) is 1. The number of aliphatic imine (C=N–C) groups is 1. The summed E-state index contributed by atoms with van der Waals surface area (Å²) in [5, 5.41) is 0. The van der Waals surface area contributed by atoms with E-state index in [-0.39, 0.29) is 11.5 Å². The number of rotatable bonds is 3. The zero-order valence-electron chi connectivity index (χ0n) is 9.21. The van der Waals surface area contributed by atoms with Gasteiger partial charge in [0.1, 0.15) is 0 Å². The molecule has 2 N–H and O–H groups in total. The molecular weight excluding hydrogens is 196 g/mol. The number of nitrogens with two attached hydrogens (primary N) is 1. The van der Waals surface area contributed by atoms with E-state index in [4.69, 9.17) is 5.73 Å². The topological polar surface area (TPSA) is 38.4 Å². The van der Waals surface area contributed by atoms with Crippen molar-refractivity contribution in [2.45, 2.75) is 11.5 Å². The second-order valence-corrected chi connectivity index (χ2v) is 4.02. The fraction of sp³-hybridized carbons (Fsp3) is 0.214. The average Bonchev–Trinajstić information content (AvgIpc) is 2.39. The SMILES string of the molecule is C=CC(N)C1(c2ccccc2)C=CC=NC1. The highest BCUT2D eigenvalue weighted by atomic mass is 14.8. The highest BCUT2D eigenvalue weighted by molar-refractivity contribution is 5.73. The lowest BCUT2D eigenvalue weighted by Crippen LogP contribution is -2.46. The highest BCUT2D eigenvalue weighted by Gasteiger charge is 2.35. The molecule has 0 saturated heterocycles. The van der Waals surface area contributed by atoms with Crippen LogP contribution in [0.3, 0.4) is 0 Å². The maximum Gasteiger partial charge on any atom is 0.0539 e. The lowest BCUT2D eigenvalue weighted by Gasteiger charge is -2.35. The van der Waals surface area contributed by atoms with Crippen molar-refractivity contribution in [3.05, 3.63) is 60.7 Å². The minimum Gasteiger partial charge on any atom is -0.323 e. The van der Waals surface area contributed by atoms with Gasteiger partial charge in [0.15, 0.2) is 0 Å². The first kappa shape index (κ1) is 10.8. The lowest BCUT2D eigenvalue weighted by molar-refractivity contribution is 0.487. The Bertz CT molecular complexity index is 420. The molecule has 1 aromatic rings. The van der Waals surface area contributed by atoms with Crippen LogP contribution in [0, 0.1) is 0 Å². The standard InChI is InChI=1S/C14H16N2/c1-2-13(15)14(9-6-10-16-11-14)12-7-4-3-5-8-12/h2-10,13H,1,11,15H2. The van der Waals surface area contributed by atoms with Gasteiger partial charge in [-0.2, -0.15) is 0 Å². The molecular formula is C14H16N2. The van der Waals surface area contributed by atoms with Gasteiger partial charge < -0.3 is 5.73 Å². The summed E-state index contributed by atoms with van der Waals surface area (Å²) in [4.78, 5) is 4.34. The van der Waals surface area contributed by atoms with E-state index < -0.39 is 0 Å². The molecule has 1 heterocycles. The first-order valence-corrected chi connectivity index (χ1v) is 5.41. The number of benzene rings is 1. The van der Waals surface area contributed by atoms with E-state index in [0.717, 1.165) is 0 Å². The summed E-state index contributed by atoms with van der Waals surface area (Å²) < 4.78 is 0. The molecule has 2 atom stereocenters. The van der Waals surface area contributed by atoms with E-state index in [1.807, 2.05) is 30.5 Å². The maximum atomic E-state index is 6.17. The molecule has 2 nitrogen and oxygen atoms in total. The van der Waals surface area contributed by atoms with Crippen molar-refractivity contribution in [2.75, 3.05) is 6.54 Å². The van der Waals surface area contributed by atoms with Crippen molar-refractivity contribution in [1.82, 2.24) is 0 Å². The normalized spacial score (nSPS) is 25.3. The van der Waals surface area contributed by atoms with Crippen LogP contribution in [0.2, 0.25) is 0 Å². The molecule has 2 unspecified atom stereocenters. The highest BCUT2D eigenvalue weighted by Crippen LogP contribution is 2.31. The summed E-state index contributed by atoms with van der Waals surface area (Å²) >= 11 is 0. The smallest absolute Gasteiger partial charge is 0.0539 e. The van der Waals surface area contributed by atoms with Crippen LogP contribution in [0.25, 0.3) is 0 Å². The number of allylic oxidation sites excluding steroid dienone is 1. The van der Waals surface area contributed by atoms with E-state index in [1.165, 1.54) is 5.56 Å². The minimum atomic E-state index is -0.238. The Balaban J connectivity index is 2.47. The molecule has 0 fully saturated rings. The summed E-state index contributed by atoms with van der Waals surface area (Å²) in [6.07, 6.45) is 7.69. The van der Waals surface area contributed by atoms with Gasteiger partial charge in [0.2, 0.25) is 0 Å². The Labute approximate surface area is 96.2 Å². The summed E-state index contributed by atoms with van der Waals surface area (Å²) in [5.74, 6) is 0. The van der Waals surface area contributed by atoms with E-state index in [2.05, 4.69) is 29.8 Å². The third-order valence-corrected chi connectivity index (χ3v) is 3.10. The van der Waals surface area contributed by atoms with Gasteiger partial charge in [0.25, 0.3) is 0 Å². The van der Waals surface area contributed by atoms with Crippen molar-refractivity contribution in [3.63, 3.8) is 0 Å². The van der Waals surface area contributed by atoms with Crippen LogP contribution in [0.4, 0.5) is 0 Å². The zero-order valence-corrected chi connectivity index (χ0v) is 9.21. The van der Waals surface area contributed by atoms with Gasteiger partial charge >= 0.3 is 0 Å². The quantitative estimate of drug-likeness (QED) is 0.765. The number of dihydropyridines is 1. The van der Waals surface area contributed by atoms with Gasteiger partial charge in [-0.1, -0.05) is 42.5 Å². The second-order valence-electron chi connectivity index (χ2n) is 4.02. The first-order chi connectivity index (χ1) is 7.79. The van der Waals surface area contributed by atoms with Crippen molar-refractivity contribution in [3.8, 4) is 0 Å². The Morgan fingerprint density at radius 2 is 2.12 bits per heavy atom. The number of hydrogen-bond acceptors (Lipinski definition) is 2. The lowest BCUT2D eigenvalue weighted by atomic mass is 9.73. The largest absolute Gasteiger partial charge is 0.323 e. The maximum absolute atomic E-state index is 6.17. The van der Waals surface area contributed by atoms with Gasteiger partial charge in [-0.05, 0) is 11.6 Å². The molecule has 0 bridgehead atoms. The van der Waals surface area contributed by atoms with Gasteiger partial charge in [-0.15, -0.1) is 6.58 Å². The zero-order chi connectivity index (χ0) is 11.4. The second kappa shape index (κ2) is 4.45. The molecule has 0 aliphatic carbocycles. The molecule has 1 aromatic carbocycles. The fourth-order valence-corrected chi connectivity index (χ4v) is 2.09. The first-order valence-electron chi connectivity index (χ1n) is 5.41. The molecule has 1 aliphatic rings. The Kier molecular flexibility index (Phi) is 3.02. The van der Waals surface area contributed by atoms with Crippen LogP contribution < -0.4 is 5.73 Å². The van der Waals surface area contributed by atoms with Crippen LogP contribution >= 0.6 is 0 Å². The van der Waals surface area contributed by atoms with Crippen LogP contribution in [0.15, 0.2) is 60.1 Å². The van der Waals surface area contributed by atoms with Crippen LogP contribution in [-0.4, -0.2) is 18.8 Å². The van der Waals surface area contributed by atoms with Crippen molar-refractivity contribution >= 4 is 6.21 Å². The third-order valence-electron chi connectivity index (χ3n) is 3.10. The third kappa shape index (κ3) is 1.72. The van der Waals surface area contributed by atoms with E-state index in [9.17, 15) is 0 Å². The average molecular weight is 212 g/mol. The monoisotopic (exact) mass is 212 g/mol. The van der Waals surface area contributed by atoms with Crippen molar-refractivity contribution in [2.24, 2.45) is 10.7 Å². The molecule has 16 heavy (non-hydrogen) atoms. The molecule has 0 aromatic heterocycles. The molecule has 0 radical (unpaired) electrons. The van der Waals surface area contributed by atoms with Gasteiger partial charge in [0, 0.05) is 12.3 Å². The Morgan fingerprint density at radius 1 is 1.38 bits per heavy atom. The molecule has 1 aliphatic heterocycles. The van der Waals surface area contributed by atoms with Crippen LogP contribution in [0.5, 0.6) is 0 Å². The predicted octanol–water partition coefficient (Wildman–Crippen LogP) is 2.08. The summed E-state index contributed by atoms with van der Waals surface area (Å²) in [7, 11) is 0. The molecule has 2 rings (SSSR count). The minimum absolute atomic E-state index is 0.122. The van der Waals surface area contributed by atoms with E-state index >= 15 is 0 Å². The molecule has 0 spiro atoms. The van der Waals surface area contributed by atoms with Gasteiger partial charge in [-0.3, -0.25) is 4.99 Å². The van der Waals surface area contributed by atoms with E-state index in [1.54, 1.807) is 6.08 Å². The fourth-order valence-electron chi connectivity index (χ4n) is 2.09. The molecule has 82 valence electrons. The summed E-state index contributed by atoms with van der Waals surface area (Å²) in [6.45, 7) is 4.48. The van der Waals surface area contributed by atoms with Crippen molar-refractivity contribution < 1.29 is 0 Å². The molecule has 0 saturated carbocycles. The molecule has 2 heteroatoms.